The molecule has 0 aromatic carbocycles. The minimum atomic E-state index is -0.869. The van der Waals surface area contributed by atoms with Gasteiger partial charge in [-0.15, -0.1) is 5.73 Å². The van der Waals surface area contributed by atoms with E-state index in [9.17, 15) is 4.79 Å². The van der Waals surface area contributed by atoms with E-state index < -0.39 is 5.97 Å². The molecule has 0 aliphatic heterocycles. The maximum Gasteiger partial charge on any atom is 0.328 e. The average molecular weight is 166 g/mol. The Morgan fingerprint density at radius 3 is 2.83 bits per heavy atom. The first-order valence-electron chi connectivity index (χ1n) is 3.91. The minimum Gasteiger partial charge on any atom is -0.478 e. The standard InChI is InChI=1S/C10H14O2/c1-3-4-5-6-7-9(2)8-10(11)12/h4,8H,1,5-7H2,2H3,(H,11,12)/b9-8-. The van der Waals surface area contributed by atoms with Crippen LogP contribution in [0.5, 0.6) is 0 Å². The summed E-state index contributed by atoms with van der Waals surface area (Å²) in [5, 5.41) is 8.38. The van der Waals surface area contributed by atoms with Crippen LogP contribution in [0.15, 0.2) is 30.0 Å². The maximum atomic E-state index is 10.2. The molecule has 12 heavy (non-hydrogen) atoms. The molecular formula is C10H14O2. The van der Waals surface area contributed by atoms with Crippen LogP contribution < -0.4 is 0 Å². The van der Waals surface area contributed by atoms with Crippen LogP contribution in [0.4, 0.5) is 0 Å². The molecule has 2 heteroatoms. The zero-order valence-corrected chi connectivity index (χ0v) is 7.34. The molecular weight excluding hydrogens is 152 g/mol. The topological polar surface area (TPSA) is 37.3 Å². The summed E-state index contributed by atoms with van der Waals surface area (Å²) in [6, 6.07) is 0. The van der Waals surface area contributed by atoms with E-state index in [0.29, 0.717) is 0 Å². The second-order valence-corrected chi connectivity index (χ2v) is 2.63. The second-order valence-electron chi connectivity index (χ2n) is 2.63. The van der Waals surface area contributed by atoms with Gasteiger partial charge in [-0.2, -0.15) is 0 Å². The van der Waals surface area contributed by atoms with Crippen LogP contribution in [0, 0.1) is 0 Å². The van der Waals surface area contributed by atoms with Gasteiger partial charge in [-0.1, -0.05) is 12.2 Å². The van der Waals surface area contributed by atoms with Crippen LogP contribution in [0.25, 0.3) is 0 Å². The van der Waals surface area contributed by atoms with Crippen molar-refractivity contribution in [1.29, 1.82) is 0 Å². The number of hydrogen-bond donors (Lipinski definition) is 1. The first-order chi connectivity index (χ1) is 5.66. The molecule has 0 heterocycles. The van der Waals surface area contributed by atoms with Crippen molar-refractivity contribution in [2.45, 2.75) is 26.2 Å². The molecule has 0 atom stereocenters. The summed E-state index contributed by atoms with van der Waals surface area (Å²) < 4.78 is 0. The van der Waals surface area contributed by atoms with Gasteiger partial charge in [0.1, 0.15) is 0 Å². The fraction of sp³-hybridized carbons (Fsp3) is 0.400. The second kappa shape index (κ2) is 6.44. The van der Waals surface area contributed by atoms with Crippen LogP contribution in [-0.4, -0.2) is 11.1 Å². The minimum absolute atomic E-state index is 0.824. The Kier molecular flexibility index (Phi) is 5.76. The number of unbranched alkanes of at least 4 members (excludes halogenated alkanes) is 1. The molecule has 0 aromatic heterocycles. The third-order valence-electron chi connectivity index (χ3n) is 1.43. The van der Waals surface area contributed by atoms with Crippen molar-refractivity contribution in [2.75, 3.05) is 0 Å². The molecule has 0 amide bonds. The molecule has 66 valence electrons. The first kappa shape index (κ1) is 10.7. The number of carboxylic acid groups (broad SMARTS) is 1. The van der Waals surface area contributed by atoms with Gasteiger partial charge in [-0.25, -0.2) is 4.79 Å². The van der Waals surface area contributed by atoms with Gasteiger partial charge in [0.05, 0.1) is 0 Å². The molecule has 2 nitrogen and oxygen atoms in total. The lowest BCUT2D eigenvalue weighted by Gasteiger charge is -1.95. The predicted octanol–water partition coefficient (Wildman–Crippen LogP) is 2.53. The smallest absolute Gasteiger partial charge is 0.328 e. The summed E-state index contributed by atoms with van der Waals surface area (Å²) in [4.78, 5) is 10.2. The lowest BCUT2D eigenvalue weighted by molar-refractivity contribution is -0.131. The third kappa shape index (κ3) is 6.84. The number of carbonyl (C=O) groups is 1. The highest BCUT2D eigenvalue weighted by atomic mass is 16.4. The van der Waals surface area contributed by atoms with Gasteiger partial charge in [0.2, 0.25) is 0 Å². The molecule has 0 radical (unpaired) electrons. The van der Waals surface area contributed by atoms with Gasteiger partial charge in [-0.3, -0.25) is 0 Å². The normalized spacial score (nSPS) is 10.6. The Morgan fingerprint density at radius 2 is 2.33 bits per heavy atom. The number of aliphatic carboxylic acids is 1. The number of rotatable bonds is 5. The maximum absolute atomic E-state index is 10.2. The lowest BCUT2D eigenvalue weighted by Crippen LogP contribution is -1.89. The van der Waals surface area contributed by atoms with E-state index in [1.807, 2.05) is 13.0 Å². The fourth-order valence-corrected chi connectivity index (χ4v) is 0.868. The SMILES string of the molecule is C=C=CCCC/C(C)=C\C(=O)O. The van der Waals surface area contributed by atoms with E-state index in [1.165, 1.54) is 6.08 Å². The summed E-state index contributed by atoms with van der Waals surface area (Å²) >= 11 is 0. The molecule has 0 aromatic rings. The van der Waals surface area contributed by atoms with Crippen molar-refractivity contribution in [1.82, 2.24) is 0 Å². The highest BCUT2D eigenvalue weighted by molar-refractivity contribution is 5.80. The molecule has 0 unspecified atom stereocenters. The van der Waals surface area contributed by atoms with Crippen molar-refractivity contribution in [3.63, 3.8) is 0 Å². The molecule has 0 rings (SSSR count). The summed E-state index contributed by atoms with van der Waals surface area (Å²) in [6.07, 6.45) is 5.79. The monoisotopic (exact) mass is 166 g/mol. The van der Waals surface area contributed by atoms with Crippen LogP contribution in [0.2, 0.25) is 0 Å². The number of carboxylic acids is 1. The van der Waals surface area contributed by atoms with Gasteiger partial charge >= 0.3 is 5.97 Å². The molecule has 0 aliphatic rings. The van der Waals surface area contributed by atoms with Crippen LogP contribution >= 0.6 is 0 Å². The van der Waals surface area contributed by atoms with E-state index in [4.69, 9.17) is 5.11 Å². The summed E-state index contributed by atoms with van der Waals surface area (Å²) in [7, 11) is 0. The van der Waals surface area contributed by atoms with Crippen molar-refractivity contribution in [3.05, 3.63) is 30.0 Å². The van der Waals surface area contributed by atoms with E-state index in [0.717, 1.165) is 24.8 Å². The van der Waals surface area contributed by atoms with Crippen LogP contribution in [0.1, 0.15) is 26.2 Å². The number of hydrogen-bond acceptors (Lipinski definition) is 1. The Balaban J connectivity index is 3.63. The van der Waals surface area contributed by atoms with E-state index in [-0.39, 0.29) is 0 Å². The summed E-state index contributed by atoms with van der Waals surface area (Å²) in [5.41, 5.74) is 3.57. The molecule has 0 saturated heterocycles. The van der Waals surface area contributed by atoms with Crippen molar-refractivity contribution < 1.29 is 9.90 Å². The molecule has 0 fully saturated rings. The fourth-order valence-electron chi connectivity index (χ4n) is 0.868. The van der Waals surface area contributed by atoms with Crippen LogP contribution in [0.3, 0.4) is 0 Å². The van der Waals surface area contributed by atoms with Crippen molar-refractivity contribution in [2.24, 2.45) is 0 Å². The van der Waals surface area contributed by atoms with E-state index in [1.54, 1.807) is 0 Å². The van der Waals surface area contributed by atoms with Gasteiger partial charge in [-0.05, 0) is 32.3 Å². The molecule has 0 saturated carbocycles. The Hall–Kier alpha value is -1.27. The summed E-state index contributed by atoms with van der Waals surface area (Å²) in [6.45, 7) is 5.26. The average Bonchev–Trinajstić information content (AvgIpc) is 1.97. The van der Waals surface area contributed by atoms with Crippen LogP contribution in [-0.2, 0) is 4.79 Å². The Morgan fingerprint density at radius 1 is 1.67 bits per heavy atom. The molecule has 0 aliphatic carbocycles. The molecule has 0 bridgehead atoms. The first-order valence-corrected chi connectivity index (χ1v) is 3.91. The van der Waals surface area contributed by atoms with Gasteiger partial charge in [0.25, 0.3) is 0 Å². The van der Waals surface area contributed by atoms with Crippen molar-refractivity contribution >= 4 is 5.97 Å². The zero-order chi connectivity index (χ0) is 9.40. The number of allylic oxidation sites excluding steroid dienone is 2. The molecule has 1 N–H and O–H groups in total. The van der Waals surface area contributed by atoms with Gasteiger partial charge in [0, 0.05) is 6.08 Å². The third-order valence-corrected chi connectivity index (χ3v) is 1.43. The highest BCUT2D eigenvalue weighted by Gasteiger charge is 1.93. The summed E-state index contributed by atoms with van der Waals surface area (Å²) in [5.74, 6) is -0.869. The quantitative estimate of drug-likeness (QED) is 0.387. The largest absolute Gasteiger partial charge is 0.478 e. The van der Waals surface area contributed by atoms with E-state index >= 15 is 0 Å². The van der Waals surface area contributed by atoms with Crippen molar-refractivity contribution in [3.8, 4) is 0 Å². The lowest BCUT2D eigenvalue weighted by atomic mass is 10.1. The Labute approximate surface area is 72.9 Å². The Bertz CT molecular complexity index is 220. The molecule has 0 spiro atoms. The van der Waals surface area contributed by atoms with Gasteiger partial charge in [0.15, 0.2) is 0 Å². The zero-order valence-electron chi connectivity index (χ0n) is 7.34. The van der Waals surface area contributed by atoms with Gasteiger partial charge < -0.3 is 5.11 Å². The predicted molar refractivity (Wildman–Crippen MR) is 49.0 cm³/mol. The highest BCUT2D eigenvalue weighted by Crippen LogP contribution is 2.06. The van der Waals surface area contributed by atoms with E-state index in [2.05, 4.69) is 12.3 Å².